The summed E-state index contributed by atoms with van der Waals surface area (Å²) >= 11 is 0. The van der Waals surface area contributed by atoms with Gasteiger partial charge in [-0.2, -0.15) is 0 Å². The van der Waals surface area contributed by atoms with Crippen molar-refractivity contribution < 1.29 is 9.18 Å². The maximum Gasteiger partial charge on any atom is 0.241 e. The van der Waals surface area contributed by atoms with Crippen molar-refractivity contribution in [2.45, 2.75) is 31.8 Å². The van der Waals surface area contributed by atoms with Crippen molar-refractivity contribution in [1.29, 1.82) is 0 Å². The van der Waals surface area contributed by atoms with Gasteiger partial charge in [0.15, 0.2) is 0 Å². The van der Waals surface area contributed by atoms with Crippen LogP contribution in [0.1, 0.15) is 24.8 Å². The second-order valence-electron chi connectivity index (χ2n) is 6.90. The SMILES string of the molecule is O=C(Nc1ccc(-n2cnnn2)cc1)[C@H]1CCCCN1Cc1ccc(F)cc1. The van der Waals surface area contributed by atoms with Gasteiger partial charge in [0.2, 0.25) is 5.91 Å². The van der Waals surface area contributed by atoms with Crippen molar-refractivity contribution >= 4 is 11.6 Å². The normalized spacial score (nSPS) is 17.4. The average Bonchev–Trinajstić information content (AvgIpc) is 3.25. The van der Waals surface area contributed by atoms with Crippen molar-refractivity contribution in [2.24, 2.45) is 0 Å². The highest BCUT2D eigenvalue weighted by Crippen LogP contribution is 2.22. The molecule has 1 N–H and O–H groups in total. The summed E-state index contributed by atoms with van der Waals surface area (Å²) in [5.74, 6) is -0.265. The number of nitrogens with zero attached hydrogens (tertiary/aromatic N) is 5. The van der Waals surface area contributed by atoms with Crippen LogP contribution in [-0.2, 0) is 11.3 Å². The van der Waals surface area contributed by atoms with Crippen LogP contribution in [0.4, 0.5) is 10.1 Å². The number of tetrazole rings is 1. The van der Waals surface area contributed by atoms with Crippen LogP contribution in [0.5, 0.6) is 0 Å². The van der Waals surface area contributed by atoms with Gasteiger partial charge in [0.1, 0.15) is 12.1 Å². The van der Waals surface area contributed by atoms with Crippen molar-refractivity contribution in [3.8, 4) is 5.69 Å². The average molecular weight is 380 g/mol. The maximum atomic E-state index is 13.1. The summed E-state index contributed by atoms with van der Waals surface area (Å²) in [5.41, 5.74) is 2.56. The number of rotatable bonds is 5. The summed E-state index contributed by atoms with van der Waals surface area (Å²) in [6.07, 6.45) is 4.42. The summed E-state index contributed by atoms with van der Waals surface area (Å²) in [6, 6.07) is 13.6. The molecule has 0 saturated carbocycles. The molecule has 1 aliphatic heterocycles. The minimum atomic E-state index is -0.248. The molecule has 4 rings (SSSR count). The number of halogens is 1. The second kappa shape index (κ2) is 8.26. The van der Waals surface area contributed by atoms with E-state index in [0.29, 0.717) is 6.54 Å². The maximum absolute atomic E-state index is 13.1. The molecule has 7 nitrogen and oxygen atoms in total. The van der Waals surface area contributed by atoms with Crippen LogP contribution in [0.3, 0.4) is 0 Å². The molecule has 1 atom stereocenters. The fourth-order valence-electron chi connectivity index (χ4n) is 3.50. The number of carbonyl (C=O) groups is 1. The molecule has 0 bridgehead atoms. The van der Waals surface area contributed by atoms with Gasteiger partial charge in [-0.15, -0.1) is 5.10 Å². The number of hydrogen-bond donors (Lipinski definition) is 1. The van der Waals surface area contributed by atoms with Gasteiger partial charge in [0, 0.05) is 12.2 Å². The van der Waals surface area contributed by atoms with E-state index >= 15 is 0 Å². The van der Waals surface area contributed by atoms with E-state index in [-0.39, 0.29) is 17.8 Å². The number of likely N-dealkylation sites (tertiary alicyclic amines) is 1. The fourth-order valence-corrected chi connectivity index (χ4v) is 3.50. The number of nitrogens with one attached hydrogen (secondary N) is 1. The van der Waals surface area contributed by atoms with E-state index in [1.165, 1.54) is 18.5 Å². The Labute approximate surface area is 162 Å². The largest absolute Gasteiger partial charge is 0.325 e. The molecule has 28 heavy (non-hydrogen) atoms. The number of carbonyl (C=O) groups excluding carboxylic acids is 1. The Hall–Kier alpha value is -3.13. The standard InChI is InChI=1S/C20H21FN6O/c21-16-6-4-15(5-7-16)13-26-12-2-1-3-19(26)20(28)23-17-8-10-18(11-9-17)27-14-22-24-25-27/h4-11,14,19H,1-3,12-13H2,(H,23,28)/t19-/m1/s1. The van der Waals surface area contributed by atoms with Gasteiger partial charge >= 0.3 is 0 Å². The second-order valence-corrected chi connectivity index (χ2v) is 6.90. The smallest absolute Gasteiger partial charge is 0.241 e. The summed E-state index contributed by atoms with van der Waals surface area (Å²) in [7, 11) is 0. The molecule has 0 unspecified atom stereocenters. The molecule has 2 aromatic carbocycles. The first-order valence-electron chi connectivity index (χ1n) is 9.32. The van der Waals surface area contributed by atoms with Crippen LogP contribution >= 0.6 is 0 Å². The third-order valence-electron chi connectivity index (χ3n) is 4.96. The van der Waals surface area contributed by atoms with Crippen LogP contribution in [0.25, 0.3) is 5.69 Å². The predicted molar refractivity (Wildman–Crippen MR) is 102 cm³/mol. The van der Waals surface area contributed by atoms with Gasteiger partial charge in [-0.25, -0.2) is 9.07 Å². The highest BCUT2D eigenvalue weighted by Gasteiger charge is 2.28. The van der Waals surface area contributed by atoms with E-state index in [4.69, 9.17) is 0 Å². The first-order valence-corrected chi connectivity index (χ1v) is 9.32. The van der Waals surface area contributed by atoms with Gasteiger partial charge in [-0.05, 0) is 71.8 Å². The molecule has 0 aliphatic carbocycles. The Bertz CT molecular complexity index is 911. The summed E-state index contributed by atoms with van der Waals surface area (Å²) in [6.45, 7) is 1.49. The molecule has 1 aromatic heterocycles. The van der Waals surface area contributed by atoms with Gasteiger partial charge < -0.3 is 5.32 Å². The minimum absolute atomic E-state index is 0.0167. The zero-order valence-electron chi connectivity index (χ0n) is 15.3. The predicted octanol–water partition coefficient (Wildman–Crippen LogP) is 2.79. The van der Waals surface area contributed by atoms with Crippen LogP contribution in [0, 0.1) is 5.82 Å². The zero-order valence-corrected chi connectivity index (χ0v) is 15.3. The summed E-state index contributed by atoms with van der Waals surface area (Å²) in [5, 5.41) is 14.1. The molecule has 1 saturated heterocycles. The zero-order chi connectivity index (χ0) is 19.3. The quantitative estimate of drug-likeness (QED) is 0.737. The molecule has 3 aromatic rings. The number of hydrogen-bond acceptors (Lipinski definition) is 5. The van der Waals surface area contributed by atoms with Crippen molar-refractivity contribution in [1.82, 2.24) is 25.1 Å². The van der Waals surface area contributed by atoms with Crippen LogP contribution in [0.2, 0.25) is 0 Å². The molecule has 1 fully saturated rings. The third-order valence-corrected chi connectivity index (χ3v) is 4.96. The fraction of sp³-hybridized carbons (Fsp3) is 0.300. The minimum Gasteiger partial charge on any atom is -0.325 e. The number of aromatic nitrogens is 4. The van der Waals surface area contributed by atoms with Gasteiger partial charge in [0.05, 0.1) is 11.7 Å². The lowest BCUT2D eigenvalue weighted by molar-refractivity contribution is -0.122. The number of benzene rings is 2. The molecule has 2 heterocycles. The molecule has 8 heteroatoms. The summed E-state index contributed by atoms with van der Waals surface area (Å²) in [4.78, 5) is 15.1. The lowest BCUT2D eigenvalue weighted by Crippen LogP contribution is -2.46. The van der Waals surface area contributed by atoms with Crippen molar-refractivity contribution in [3.05, 3.63) is 66.2 Å². The molecule has 0 radical (unpaired) electrons. The third kappa shape index (κ3) is 4.23. The Kier molecular flexibility index (Phi) is 5.38. The van der Waals surface area contributed by atoms with E-state index in [9.17, 15) is 9.18 Å². The number of piperidine rings is 1. The molecule has 1 aliphatic rings. The first-order chi connectivity index (χ1) is 13.7. The van der Waals surface area contributed by atoms with Gasteiger partial charge in [-0.1, -0.05) is 18.6 Å². The molecule has 144 valence electrons. The van der Waals surface area contributed by atoms with Crippen LogP contribution < -0.4 is 5.32 Å². The van der Waals surface area contributed by atoms with E-state index in [1.54, 1.807) is 16.8 Å². The Morgan fingerprint density at radius 3 is 2.61 bits per heavy atom. The van der Waals surface area contributed by atoms with E-state index in [1.807, 2.05) is 24.3 Å². The van der Waals surface area contributed by atoms with Gasteiger partial charge in [-0.3, -0.25) is 9.69 Å². The molecular weight excluding hydrogens is 359 g/mol. The van der Waals surface area contributed by atoms with Crippen LogP contribution in [-0.4, -0.2) is 43.6 Å². The van der Waals surface area contributed by atoms with E-state index in [0.717, 1.165) is 42.7 Å². The molecule has 1 amide bonds. The van der Waals surface area contributed by atoms with Gasteiger partial charge in [0.25, 0.3) is 0 Å². The Morgan fingerprint density at radius 2 is 1.89 bits per heavy atom. The monoisotopic (exact) mass is 380 g/mol. The van der Waals surface area contributed by atoms with E-state index in [2.05, 4.69) is 25.7 Å². The van der Waals surface area contributed by atoms with Crippen molar-refractivity contribution in [2.75, 3.05) is 11.9 Å². The Balaban J connectivity index is 1.42. The highest BCUT2D eigenvalue weighted by atomic mass is 19.1. The Morgan fingerprint density at radius 1 is 1.11 bits per heavy atom. The molecule has 0 spiro atoms. The lowest BCUT2D eigenvalue weighted by Gasteiger charge is -2.34. The lowest BCUT2D eigenvalue weighted by atomic mass is 10.00. The van der Waals surface area contributed by atoms with Crippen molar-refractivity contribution in [3.63, 3.8) is 0 Å². The number of anilines is 1. The topological polar surface area (TPSA) is 75.9 Å². The number of amides is 1. The first kappa shape index (κ1) is 18.2. The highest BCUT2D eigenvalue weighted by molar-refractivity contribution is 5.95. The van der Waals surface area contributed by atoms with Crippen LogP contribution in [0.15, 0.2) is 54.9 Å². The summed E-state index contributed by atoms with van der Waals surface area (Å²) < 4.78 is 14.7. The van der Waals surface area contributed by atoms with E-state index < -0.39 is 0 Å². The molecular formula is C20H21FN6O.